The van der Waals surface area contributed by atoms with E-state index in [9.17, 15) is 4.79 Å². The van der Waals surface area contributed by atoms with Gasteiger partial charge in [0.2, 0.25) is 0 Å². The van der Waals surface area contributed by atoms with Gasteiger partial charge in [0.15, 0.2) is 5.96 Å². The Labute approximate surface area is 185 Å². The lowest BCUT2D eigenvalue weighted by Crippen LogP contribution is -2.48. The normalized spacial score (nSPS) is 23.1. The molecule has 9 nitrogen and oxygen atoms in total. The Balaban J connectivity index is 1.60. The second-order valence-electron chi connectivity index (χ2n) is 9.38. The number of carbonyl (C=O) groups excluding carboxylic acids is 1. The maximum Gasteiger partial charge on any atom is 0.410 e. The number of piperidine rings is 1. The van der Waals surface area contributed by atoms with Crippen LogP contribution in [-0.2, 0) is 16.5 Å². The Hall–Kier alpha value is -2.29. The number of guanidine groups is 1. The van der Waals surface area contributed by atoms with Gasteiger partial charge >= 0.3 is 6.09 Å². The summed E-state index contributed by atoms with van der Waals surface area (Å²) in [6.45, 7) is 12.9. The SMILES string of the molecule is CCNC(=NCC1CCCN(C(=O)OC(C)(C)C)C1)N1CCOC(c2cnn(C)c2)C1. The van der Waals surface area contributed by atoms with Crippen molar-refractivity contribution in [2.45, 2.75) is 52.2 Å². The van der Waals surface area contributed by atoms with Gasteiger partial charge < -0.3 is 24.6 Å². The van der Waals surface area contributed by atoms with E-state index in [4.69, 9.17) is 14.5 Å². The van der Waals surface area contributed by atoms with E-state index in [1.807, 2.05) is 45.1 Å². The maximum absolute atomic E-state index is 12.4. The van der Waals surface area contributed by atoms with E-state index in [1.165, 1.54) is 0 Å². The van der Waals surface area contributed by atoms with Crippen LogP contribution < -0.4 is 5.32 Å². The van der Waals surface area contributed by atoms with E-state index in [-0.39, 0.29) is 12.2 Å². The van der Waals surface area contributed by atoms with Crippen molar-refractivity contribution in [3.05, 3.63) is 18.0 Å². The van der Waals surface area contributed by atoms with E-state index in [1.54, 1.807) is 4.68 Å². The molecule has 2 fully saturated rings. The van der Waals surface area contributed by atoms with E-state index in [2.05, 4.69) is 22.2 Å². The van der Waals surface area contributed by atoms with Crippen LogP contribution >= 0.6 is 0 Å². The number of nitrogens with zero attached hydrogens (tertiary/aromatic N) is 5. The lowest BCUT2D eigenvalue weighted by molar-refractivity contribution is -0.00812. The van der Waals surface area contributed by atoms with Crippen molar-refractivity contribution >= 4 is 12.1 Å². The summed E-state index contributed by atoms with van der Waals surface area (Å²) in [5.41, 5.74) is 0.616. The summed E-state index contributed by atoms with van der Waals surface area (Å²) in [6, 6.07) is 0. The molecule has 2 saturated heterocycles. The molecule has 0 saturated carbocycles. The number of hydrogen-bond acceptors (Lipinski definition) is 5. The Bertz CT molecular complexity index is 757. The van der Waals surface area contributed by atoms with Crippen LogP contribution in [0.5, 0.6) is 0 Å². The summed E-state index contributed by atoms with van der Waals surface area (Å²) in [5.74, 6) is 1.25. The van der Waals surface area contributed by atoms with Crippen molar-refractivity contribution in [2.75, 3.05) is 45.9 Å². The average molecular weight is 435 g/mol. The molecule has 174 valence electrons. The standard InChI is InChI=1S/C22H38N6O3/c1-6-23-20(27-10-11-30-19(16-27)18-13-25-26(5)15-18)24-12-17-8-7-9-28(14-17)21(29)31-22(2,3)4/h13,15,17,19H,6-12,14,16H2,1-5H3,(H,23,24). The second kappa shape index (κ2) is 10.3. The van der Waals surface area contributed by atoms with Crippen LogP contribution in [0, 0.1) is 5.92 Å². The third-order valence-corrected chi connectivity index (χ3v) is 5.47. The molecule has 2 atom stereocenters. The highest BCUT2D eigenvalue weighted by Crippen LogP contribution is 2.23. The highest BCUT2D eigenvalue weighted by atomic mass is 16.6. The first-order valence-corrected chi connectivity index (χ1v) is 11.4. The zero-order valence-corrected chi connectivity index (χ0v) is 19.6. The Kier molecular flexibility index (Phi) is 7.80. The predicted octanol–water partition coefficient (Wildman–Crippen LogP) is 2.41. The maximum atomic E-state index is 12.4. The fraction of sp³-hybridized carbons (Fsp3) is 0.773. The molecule has 1 aromatic heterocycles. The molecule has 2 unspecified atom stereocenters. The van der Waals surface area contributed by atoms with Crippen LogP contribution in [0.3, 0.4) is 0 Å². The van der Waals surface area contributed by atoms with Gasteiger partial charge in [-0.25, -0.2) is 4.79 Å². The summed E-state index contributed by atoms with van der Waals surface area (Å²) in [5, 5.41) is 7.70. The summed E-state index contributed by atoms with van der Waals surface area (Å²) in [7, 11) is 1.92. The highest BCUT2D eigenvalue weighted by molar-refractivity contribution is 5.80. The molecule has 3 heterocycles. The second-order valence-corrected chi connectivity index (χ2v) is 9.38. The molecule has 9 heteroatoms. The number of amides is 1. The molecular formula is C22H38N6O3. The Morgan fingerprint density at radius 2 is 2.13 bits per heavy atom. The minimum absolute atomic E-state index is 0.0105. The van der Waals surface area contributed by atoms with Crippen LogP contribution in [0.2, 0.25) is 0 Å². The molecule has 3 rings (SSSR count). The Morgan fingerprint density at radius 1 is 1.32 bits per heavy atom. The van der Waals surface area contributed by atoms with Crippen LogP contribution in [0.1, 0.15) is 52.2 Å². The number of ether oxygens (including phenoxy) is 2. The first kappa shape index (κ1) is 23.4. The van der Waals surface area contributed by atoms with E-state index in [0.29, 0.717) is 25.6 Å². The molecule has 31 heavy (non-hydrogen) atoms. The Morgan fingerprint density at radius 3 is 2.81 bits per heavy atom. The van der Waals surface area contributed by atoms with Gasteiger partial charge in [0.05, 0.1) is 19.3 Å². The first-order chi connectivity index (χ1) is 14.7. The van der Waals surface area contributed by atoms with Crippen LogP contribution in [-0.4, -0.2) is 83.1 Å². The molecule has 0 radical (unpaired) electrons. The van der Waals surface area contributed by atoms with Gasteiger partial charge in [0.1, 0.15) is 11.7 Å². The van der Waals surface area contributed by atoms with Gasteiger partial charge in [0, 0.05) is 51.5 Å². The largest absolute Gasteiger partial charge is 0.444 e. The zero-order chi connectivity index (χ0) is 22.4. The lowest BCUT2D eigenvalue weighted by atomic mass is 9.98. The summed E-state index contributed by atoms with van der Waals surface area (Å²) >= 11 is 0. The van der Waals surface area contributed by atoms with Crippen molar-refractivity contribution in [3.63, 3.8) is 0 Å². The van der Waals surface area contributed by atoms with Gasteiger partial charge in [0.25, 0.3) is 0 Å². The number of aliphatic imine (C=N–C) groups is 1. The van der Waals surface area contributed by atoms with Crippen LogP contribution in [0.25, 0.3) is 0 Å². The third kappa shape index (κ3) is 6.85. The third-order valence-electron chi connectivity index (χ3n) is 5.47. The fourth-order valence-corrected chi connectivity index (χ4v) is 4.00. The minimum Gasteiger partial charge on any atom is -0.444 e. The molecule has 2 aliphatic heterocycles. The van der Waals surface area contributed by atoms with Gasteiger partial charge in [-0.3, -0.25) is 9.67 Å². The fourth-order valence-electron chi connectivity index (χ4n) is 4.00. The number of aryl methyl sites for hydroxylation is 1. The zero-order valence-electron chi connectivity index (χ0n) is 19.6. The number of hydrogen-bond donors (Lipinski definition) is 1. The van der Waals surface area contributed by atoms with E-state index in [0.717, 1.165) is 50.5 Å². The van der Waals surface area contributed by atoms with E-state index < -0.39 is 5.60 Å². The molecule has 1 N–H and O–H groups in total. The van der Waals surface area contributed by atoms with Crippen LogP contribution in [0.4, 0.5) is 4.79 Å². The number of rotatable bonds is 4. The van der Waals surface area contributed by atoms with Crippen molar-refractivity contribution in [1.82, 2.24) is 24.9 Å². The number of carbonyl (C=O) groups is 1. The first-order valence-electron chi connectivity index (χ1n) is 11.4. The molecule has 0 spiro atoms. The number of morpholine rings is 1. The topological polar surface area (TPSA) is 84.2 Å². The van der Waals surface area contributed by atoms with Crippen molar-refractivity contribution in [3.8, 4) is 0 Å². The van der Waals surface area contributed by atoms with Gasteiger partial charge in [-0.2, -0.15) is 5.10 Å². The van der Waals surface area contributed by atoms with Crippen molar-refractivity contribution in [2.24, 2.45) is 18.0 Å². The minimum atomic E-state index is -0.471. The summed E-state index contributed by atoms with van der Waals surface area (Å²) in [4.78, 5) is 21.5. The lowest BCUT2D eigenvalue weighted by Gasteiger charge is -2.36. The van der Waals surface area contributed by atoms with E-state index >= 15 is 0 Å². The van der Waals surface area contributed by atoms with Gasteiger partial charge in [-0.05, 0) is 46.5 Å². The molecule has 2 aliphatic rings. The molecular weight excluding hydrogens is 396 g/mol. The quantitative estimate of drug-likeness (QED) is 0.579. The molecule has 0 aliphatic carbocycles. The number of nitrogens with one attached hydrogen (secondary N) is 1. The van der Waals surface area contributed by atoms with Crippen LogP contribution in [0.15, 0.2) is 17.4 Å². The average Bonchev–Trinajstić information content (AvgIpc) is 3.16. The smallest absolute Gasteiger partial charge is 0.410 e. The van der Waals surface area contributed by atoms with Crippen molar-refractivity contribution < 1.29 is 14.3 Å². The monoisotopic (exact) mass is 434 g/mol. The molecule has 0 aromatic carbocycles. The summed E-state index contributed by atoms with van der Waals surface area (Å²) < 4.78 is 13.3. The van der Waals surface area contributed by atoms with Crippen molar-refractivity contribution in [1.29, 1.82) is 0 Å². The summed E-state index contributed by atoms with van der Waals surface area (Å²) in [6.07, 6.45) is 5.70. The number of likely N-dealkylation sites (tertiary alicyclic amines) is 1. The number of aromatic nitrogens is 2. The van der Waals surface area contributed by atoms with Gasteiger partial charge in [-0.1, -0.05) is 0 Å². The molecule has 1 aromatic rings. The molecule has 0 bridgehead atoms. The highest BCUT2D eigenvalue weighted by Gasteiger charge is 2.29. The predicted molar refractivity (Wildman–Crippen MR) is 120 cm³/mol. The van der Waals surface area contributed by atoms with Gasteiger partial charge in [-0.15, -0.1) is 0 Å². The molecule has 1 amide bonds.